The number of anilines is 1. The summed E-state index contributed by atoms with van der Waals surface area (Å²) in [6.45, 7) is 3.93. The summed E-state index contributed by atoms with van der Waals surface area (Å²) >= 11 is 5.86. The number of likely N-dealkylation sites (tertiary alicyclic amines) is 1. The maximum atomic E-state index is 12.7. The van der Waals surface area contributed by atoms with Gasteiger partial charge in [-0.1, -0.05) is 18.5 Å². The summed E-state index contributed by atoms with van der Waals surface area (Å²) in [6.07, 6.45) is -2.30. The van der Waals surface area contributed by atoms with Crippen LogP contribution in [0.25, 0.3) is 0 Å². The predicted octanol–water partition coefficient (Wildman–Crippen LogP) is 4.03. The second-order valence-electron chi connectivity index (χ2n) is 5.72. The number of rotatable bonds is 3. The first-order valence-corrected chi connectivity index (χ1v) is 7.52. The molecule has 0 bridgehead atoms. The van der Waals surface area contributed by atoms with Crippen LogP contribution in [0, 0.1) is 5.92 Å². The lowest BCUT2D eigenvalue weighted by Gasteiger charge is -2.30. The van der Waals surface area contributed by atoms with Gasteiger partial charge in [0.25, 0.3) is 0 Å². The van der Waals surface area contributed by atoms with E-state index in [0.29, 0.717) is 5.92 Å². The molecule has 0 unspecified atom stereocenters. The number of nitrogens with zero attached hydrogens (tertiary/aromatic N) is 1. The van der Waals surface area contributed by atoms with Gasteiger partial charge in [-0.2, -0.15) is 13.2 Å². The highest BCUT2D eigenvalue weighted by atomic mass is 35.5. The zero-order valence-electron chi connectivity index (χ0n) is 12.2. The Hall–Kier alpha value is -1.27. The van der Waals surface area contributed by atoms with Crippen LogP contribution in [0.2, 0.25) is 5.02 Å². The summed E-state index contributed by atoms with van der Waals surface area (Å²) in [5.74, 6) is 0.175. The highest BCUT2D eigenvalue weighted by Crippen LogP contribution is 2.33. The van der Waals surface area contributed by atoms with Crippen molar-refractivity contribution in [3.8, 4) is 0 Å². The minimum Gasteiger partial charge on any atom is -0.324 e. The van der Waals surface area contributed by atoms with Gasteiger partial charge in [0, 0.05) is 6.54 Å². The lowest BCUT2D eigenvalue weighted by Crippen LogP contribution is -2.39. The van der Waals surface area contributed by atoms with Gasteiger partial charge in [0.15, 0.2) is 0 Å². The second kappa shape index (κ2) is 6.87. The van der Waals surface area contributed by atoms with Crippen molar-refractivity contribution in [3.63, 3.8) is 0 Å². The number of hydrogen-bond acceptors (Lipinski definition) is 2. The van der Waals surface area contributed by atoms with Gasteiger partial charge in [-0.15, -0.1) is 0 Å². The lowest BCUT2D eigenvalue weighted by molar-refractivity contribution is -0.137. The Labute approximate surface area is 132 Å². The van der Waals surface area contributed by atoms with Crippen molar-refractivity contribution in [2.75, 3.05) is 25.0 Å². The van der Waals surface area contributed by atoms with Crippen LogP contribution in [0.1, 0.15) is 25.3 Å². The fraction of sp³-hybridized carbons (Fsp3) is 0.533. The van der Waals surface area contributed by atoms with E-state index >= 15 is 0 Å². The highest BCUT2D eigenvalue weighted by Gasteiger charge is 2.31. The molecule has 1 N–H and O–H groups in total. The van der Waals surface area contributed by atoms with E-state index in [1.165, 1.54) is 0 Å². The van der Waals surface area contributed by atoms with Crippen molar-refractivity contribution in [3.05, 3.63) is 28.8 Å². The van der Waals surface area contributed by atoms with Crippen molar-refractivity contribution in [1.82, 2.24) is 4.90 Å². The molecule has 22 heavy (non-hydrogen) atoms. The van der Waals surface area contributed by atoms with Crippen LogP contribution in [-0.2, 0) is 11.0 Å². The molecule has 1 aliphatic heterocycles. The molecular weight excluding hydrogens is 317 g/mol. The van der Waals surface area contributed by atoms with Crippen LogP contribution in [0.15, 0.2) is 18.2 Å². The van der Waals surface area contributed by atoms with E-state index in [0.717, 1.165) is 44.1 Å². The first-order chi connectivity index (χ1) is 10.3. The van der Waals surface area contributed by atoms with E-state index in [1.54, 1.807) is 0 Å². The normalized spacial score (nSPS) is 20.0. The van der Waals surface area contributed by atoms with E-state index in [9.17, 15) is 18.0 Å². The van der Waals surface area contributed by atoms with Gasteiger partial charge < -0.3 is 5.32 Å². The Bertz CT molecular complexity index is 548. The molecule has 1 saturated heterocycles. The van der Waals surface area contributed by atoms with E-state index in [2.05, 4.69) is 12.2 Å². The smallest absolute Gasteiger partial charge is 0.324 e. The number of alkyl halides is 3. The molecule has 122 valence electrons. The number of nitrogens with one attached hydrogen (secondary N) is 1. The first kappa shape index (κ1) is 17.1. The summed E-state index contributed by atoms with van der Waals surface area (Å²) in [5.41, 5.74) is -0.842. The van der Waals surface area contributed by atoms with Gasteiger partial charge in [0.1, 0.15) is 0 Å². The van der Waals surface area contributed by atoms with Crippen LogP contribution in [-0.4, -0.2) is 30.4 Å². The lowest BCUT2D eigenvalue weighted by atomic mass is 10.0. The molecule has 0 aromatic heterocycles. The molecule has 1 amide bonds. The van der Waals surface area contributed by atoms with Gasteiger partial charge in [-0.25, -0.2) is 0 Å². The van der Waals surface area contributed by atoms with Crippen LogP contribution < -0.4 is 5.32 Å². The zero-order chi connectivity index (χ0) is 16.3. The zero-order valence-corrected chi connectivity index (χ0v) is 13.0. The van der Waals surface area contributed by atoms with Crippen molar-refractivity contribution in [2.24, 2.45) is 5.92 Å². The molecule has 0 aliphatic carbocycles. The summed E-state index contributed by atoms with van der Waals surface area (Å²) in [5, 5.41) is 2.56. The summed E-state index contributed by atoms with van der Waals surface area (Å²) in [4.78, 5) is 14.0. The third kappa shape index (κ3) is 4.61. The van der Waals surface area contributed by atoms with E-state index in [-0.39, 0.29) is 23.2 Å². The average molecular weight is 335 g/mol. The van der Waals surface area contributed by atoms with Crippen molar-refractivity contribution in [1.29, 1.82) is 0 Å². The predicted molar refractivity (Wildman–Crippen MR) is 79.9 cm³/mol. The maximum absolute atomic E-state index is 12.7. The number of amides is 1. The van der Waals surface area contributed by atoms with Crippen molar-refractivity contribution < 1.29 is 18.0 Å². The number of hydrogen-bond donors (Lipinski definition) is 1. The van der Waals surface area contributed by atoms with Gasteiger partial charge in [0.05, 0.1) is 22.8 Å². The number of carbonyl (C=O) groups is 1. The quantitative estimate of drug-likeness (QED) is 0.905. The maximum Gasteiger partial charge on any atom is 0.416 e. The molecule has 0 radical (unpaired) electrons. The Morgan fingerprint density at radius 2 is 2.18 bits per heavy atom. The Morgan fingerprint density at radius 3 is 2.82 bits per heavy atom. The second-order valence-corrected chi connectivity index (χ2v) is 6.13. The molecule has 0 saturated carbocycles. The third-order valence-electron chi connectivity index (χ3n) is 3.68. The molecule has 3 nitrogen and oxygen atoms in total. The molecule has 1 aromatic carbocycles. The molecule has 1 heterocycles. The molecule has 0 spiro atoms. The monoisotopic (exact) mass is 334 g/mol. The minimum atomic E-state index is -4.47. The fourth-order valence-electron chi connectivity index (χ4n) is 2.62. The van der Waals surface area contributed by atoms with Gasteiger partial charge in [0.2, 0.25) is 5.91 Å². The van der Waals surface area contributed by atoms with Crippen LogP contribution in [0.3, 0.4) is 0 Å². The number of carbonyl (C=O) groups excluding carboxylic acids is 1. The standard InChI is InChI=1S/C15H18ClF3N2O/c1-10-3-2-6-21(8-10)9-14(22)20-13-7-11(15(17,18)19)4-5-12(13)16/h4-5,7,10H,2-3,6,8-9H2,1H3,(H,20,22)/t10-/m1/s1. The van der Waals surface area contributed by atoms with Crippen LogP contribution >= 0.6 is 11.6 Å². The summed E-state index contributed by atoms with van der Waals surface area (Å²) in [6, 6.07) is 2.90. The topological polar surface area (TPSA) is 32.3 Å². The van der Waals surface area contributed by atoms with Gasteiger partial charge in [-0.05, 0) is 43.5 Å². The molecule has 1 fully saturated rings. The Morgan fingerprint density at radius 1 is 1.45 bits per heavy atom. The molecule has 1 aliphatic rings. The first-order valence-electron chi connectivity index (χ1n) is 7.14. The molecule has 7 heteroatoms. The minimum absolute atomic E-state index is 0.00782. The van der Waals surface area contributed by atoms with Crippen molar-refractivity contribution in [2.45, 2.75) is 25.9 Å². The fourth-order valence-corrected chi connectivity index (χ4v) is 2.79. The largest absolute Gasteiger partial charge is 0.416 e. The summed E-state index contributed by atoms with van der Waals surface area (Å²) < 4.78 is 38.1. The molecule has 1 aromatic rings. The Kier molecular flexibility index (Phi) is 5.34. The number of benzene rings is 1. The van der Waals surface area contributed by atoms with Gasteiger partial charge >= 0.3 is 6.18 Å². The Balaban J connectivity index is 2.02. The number of halogens is 4. The third-order valence-corrected chi connectivity index (χ3v) is 4.01. The van der Waals surface area contributed by atoms with Crippen LogP contribution in [0.5, 0.6) is 0 Å². The van der Waals surface area contributed by atoms with E-state index in [4.69, 9.17) is 11.6 Å². The molecule has 1 atom stereocenters. The molecular formula is C15H18ClF3N2O. The SMILES string of the molecule is C[C@@H]1CCCN(CC(=O)Nc2cc(C(F)(F)F)ccc2Cl)C1. The van der Waals surface area contributed by atoms with E-state index in [1.807, 2.05) is 4.90 Å². The molecule has 2 rings (SSSR count). The van der Waals surface area contributed by atoms with E-state index < -0.39 is 11.7 Å². The van der Waals surface area contributed by atoms with Crippen LogP contribution in [0.4, 0.5) is 18.9 Å². The van der Waals surface area contributed by atoms with Gasteiger partial charge in [-0.3, -0.25) is 9.69 Å². The summed E-state index contributed by atoms with van der Waals surface area (Å²) in [7, 11) is 0. The number of piperidine rings is 1. The van der Waals surface area contributed by atoms with Crippen molar-refractivity contribution >= 4 is 23.2 Å². The average Bonchev–Trinajstić information content (AvgIpc) is 2.40. The highest BCUT2D eigenvalue weighted by molar-refractivity contribution is 6.33.